The predicted octanol–water partition coefficient (Wildman–Crippen LogP) is 3.39. The number of rotatable bonds is 2. The van der Waals surface area contributed by atoms with Gasteiger partial charge in [0.25, 0.3) is 0 Å². The molecule has 0 bridgehead atoms. The van der Waals surface area contributed by atoms with Crippen LogP contribution in [0.1, 0.15) is 5.69 Å². The van der Waals surface area contributed by atoms with Crippen molar-refractivity contribution in [1.82, 2.24) is 14.8 Å². The fourth-order valence-electron chi connectivity index (χ4n) is 2.03. The molecule has 0 radical (unpaired) electrons. The van der Waals surface area contributed by atoms with Crippen LogP contribution < -0.4 is 4.74 Å². The van der Waals surface area contributed by atoms with Crippen LogP contribution in [0.15, 0.2) is 36.5 Å². The van der Waals surface area contributed by atoms with Crippen molar-refractivity contribution in [2.45, 2.75) is 6.92 Å². The summed E-state index contributed by atoms with van der Waals surface area (Å²) >= 11 is 6.23. The summed E-state index contributed by atoms with van der Waals surface area (Å²) in [6, 6.07) is 9.58. The highest BCUT2D eigenvalue weighted by molar-refractivity contribution is 6.34. The molecule has 0 unspecified atom stereocenters. The van der Waals surface area contributed by atoms with E-state index in [0.717, 1.165) is 22.2 Å². The molecule has 4 nitrogen and oxygen atoms in total. The van der Waals surface area contributed by atoms with Gasteiger partial charge < -0.3 is 4.74 Å². The Bertz CT molecular complexity index is 752. The van der Waals surface area contributed by atoms with Crippen molar-refractivity contribution in [3.05, 3.63) is 47.4 Å². The van der Waals surface area contributed by atoms with E-state index in [-0.39, 0.29) is 0 Å². The average molecular weight is 274 g/mol. The maximum Gasteiger partial charge on any atom is 0.155 e. The van der Waals surface area contributed by atoms with Gasteiger partial charge in [-0.25, -0.2) is 9.67 Å². The van der Waals surface area contributed by atoms with Crippen LogP contribution in [0, 0.1) is 6.92 Å². The van der Waals surface area contributed by atoms with Gasteiger partial charge in [0, 0.05) is 17.3 Å². The second kappa shape index (κ2) is 4.55. The number of nitrogens with zero attached hydrogens (tertiary/aromatic N) is 3. The van der Waals surface area contributed by atoms with E-state index < -0.39 is 0 Å². The van der Waals surface area contributed by atoms with E-state index in [0.29, 0.717) is 11.0 Å². The first kappa shape index (κ1) is 12.0. The smallest absolute Gasteiger partial charge is 0.155 e. The Morgan fingerprint density at radius 1 is 1.21 bits per heavy atom. The van der Waals surface area contributed by atoms with Crippen LogP contribution in [0.25, 0.3) is 16.6 Å². The van der Waals surface area contributed by atoms with Crippen molar-refractivity contribution in [3.63, 3.8) is 0 Å². The summed E-state index contributed by atoms with van der Waals surface area (Å²) in [6.45, 7) is 1.97. The predicted molar refractivity (Wildman–Crippen MR) is 75.2 cm³/mol. The minimum Gasteiger partial charge on any atom is -0.497 e. The van der Waals surface area contributed by atoms with Crippen molar-refractivity contribution >= 4 is 22.4 Å². The Kier molecular flexibility index (Phi) is 2.87. The number of hydrogen-bond donors (Lipinski definition) is 0. The molecule has 0 fully saturated rings. The first-order valence-corrected chi connectivity index (χ1v) is 6.22. The third-order valence-corrected chi connectivity index (χ3v) is 3.32. The Hall–Kier alpha value is -2.07. The SMILES string of the molecule is COc1ccc2c(Cl)nc(-n3nccc3C)cc2c1. The maximum absolute atomic E-state index is 6.23. The van der Waals surface area contributed by atoms with Crippen molar-refractivity contribution in [1.29, 1.82) is 0 Å². The van der Waals surface area contributed by atoms with Gasteiger partial charge in [-0.2, -0.15) is 5.10 Å². The molecular formula is C14H12ClN3O. The lowest BCUT2D eigenvalue weighted by atomic mass is 10.1. The van der Waals surface area contributed by atoms with Gasteiger partial charge in [0.2, 0.25) is 0 Å². The minimum absolute atomic E-state index is 0.463. The number of halogens is 1. The highest BCUT2D eigenvalue weighted by atomic mass is 35.5. The Morgan fingerprint density at radius 3 is 2.74 bits per heavy atom. The number of pyridine rings is 1. The largest absolute Gasteiger partial charge is 0.497 e. The van der Waals surface area contributed by atoms with E-state index in [9.17, 15) is 0 Å². The summed E-state index contributed by atoms with van der Waals surface area (Å²) in [4.78, 5) is 4.39. The number of aryl methyl sites for hydroxylation is 1. The van der Waals surface area contributed by atoms with Gasteiger partial charge in [-0.05, 0) is 42.6 Å². The lowest BCUT2D eigenvalue weighted by Gasteiger charge is -2.08. The maximum atomic E-state index is 6.23. The third kappa shape index (κ3) is 2.04. The Morgan fingerprint density at radius 2 is 2.05 bits per heavy atom. The van der Waals surface area contributed by atoms with Crippen LogP contribution in [0.3, 0.4) is 0 Å². The molecule has 19 heavy (non-hydrogen) atoms. The minimum atomic E-state index is 0.463. The van der Waals surface area contributed by atoms with Crippen molar-refractivity contribution < 1.29 is 4.74 Å². The number of fused-ring (bicyclic) bond motifs is 1. The standard InChI is InChI=1S/C14H12ClN3O/c1-9-5-6-16-18(9)13-8-10-7-11(19-2)3-4-12(10)14(15)17-13/h3-8H,1-2H3. The number of benzene rings is 1. The molecule has 0 aliphatic rings. The van der Waals surface area contributed by atoms with Crippen molar-refractivity contribution in [2.75, 3.05) is 7.11 Å². The van der Waals surface area contributed by atoms with E-state index in [4.69, 9.17) is 16.3 Å². The number of ether oxygens (including phenoxy) is 1. The summed E-state index contributed by atoms with van der Waals surface area (Å²) in [5.74, 6) is 1.49. The third-order valence-electron chi connectivity index (χ3n) is 3.03. The molecule has 1 aromatic carbocycles. The normalized spacial score (nSPS) is 10.9. The highest BCUT2D eigenvalue weighted by Gasteiger charge is 2.08. The molecule has 0 N–H and O–H groups in total. The van der Waals surface area contributed by atoms with Gasteiger partial charge in [0.15, 0.2) is 5.82 Å². The van der Waals surface area contributed by atoms with Crippen molar-refractivity contribution in [2.24, 2.45) is 0 Å². The first-order chi connectivity index (χ1) is 9.19. The molecule has 0 spiro atoms. The lowest BCUT2D eigenvalue weighted by Crippen LogP contribution is -2.01. The van der Waals surface area contributed by atoms with E-state index in [1.807, 2.05) is 37.3 Å². The molecule has 0 atom stereocenters. The second-order valence-electron chi connectivity index (χ2n) is 4.24. The summed E-state index contributed by atoms with van der Waals surface area (Å²) in [6.07, 6.45) is 1.74. The number of hydrogen-bond acceptors (Lipinski definition) is 3. The van der Waals surface area contributed by atoms with E-state index in [1.54, 1.807) is 18.0 Å². The van der Waals surface area contributed by atoms with Crippen LogP contribution in [0.2, 0.25) is 5.15 Å². The molecule has 2 heterocycles. The molecule has 5 heteroatoms. The molecular weight excluding hydrogens is 262 g/mol. The van der Waals surface area contributed by atoms with Crippen LogP contribution in [-0.4, -0.2) is 21.9 Å². The summed E-state index contributed by atoms with van der Waals surface area (Å²) in [5, 5.41) is 6.58. The molecule has 0 saturated carbocycles. The monoisotopic (exact) mass is 273 g/mol. The molecule has 3 aromatic rings. The zero-order valence-corrected chi connectivity index (χ0v) is 11.3. The van der Waals surface area contributed by atoms with Gasteiger partial charge in [-0.1, -0.05) is 11.6 Å². The van der Waals surface area contributed by atoms with E-state index >= 15 is 0 Å². The zero-order chi connectivity index (χ0) is 13.4. The Labute approximate surface area is 115 Å². The number of aromatic nitrogens is 3. The topological polar surface area (TPSA) is 39.9 Å². The second-order valence-corrected chi connectivity index (χ2v) is 4.60. The quantitative estimate of drug-likeness (QED) is 0.672. The van der Waals surface area contributed by atoms with Gasteiger partial charge in [-0.3, -0.25) is 0 Å². The van der Waals surface area contributed by atoms with Gasteiger partial charge >= 0.3 is 0 Å². The van der Waals surface area contributed by atoms with Gasteiger partial charge in [0.05, 0.1) is 7.11 Å². The van der Waals surface area contributed by atoms with Crippen LogP contribution in [-0.2, 0) is 0 Å². The number of methoxy groups -OCH3 is 1. The van der Waals surface area contributed by atoms with Crippen LogP contribution >= 0.6 is 11.6 Å². The van der Waals surface area contributed by atoms with Gasteiger partial charge in [0.1, 0.15) is 10.9 Å². The highest BCUT2D eigenvalue weighted by Crippen LogP contribution is 2.27. The van der Waals surface area contributed by atoms with Gasteiger partial charge in [-0.15, -0.1) is 0 Å². The molecule has 0 saturated heterocycles. The summed E-state index contributed by atoms with van der Waals surface area (Å²) in [5.41, 5.74) is 1.01. The molecule has 0 aliphatic carbocycles. The molecule has 3 rings (SSSR count). The fourth-order valence-corrected chi connectivity index (χ4v) is 2.28. The Balaban J connectivity index is 2.25. The van der Waals surface area contributed by atoms with E-state index in [1.165, 1.54) is 0 Å². The fraction of sp³-hybridized carbons (Fsp3) is 0.143. The summed E-state index contributed by atoms with van der Waals surface area (Å²) < 4.78 is 6.99. The average Bonchev–Trinajstić information content (AvgIpc) is 2.84. The van der Waals surface area contributed by atoms with Crippen LogP contribution in [0.4, 0.5) is 0 Å². The van der Waals surface area contributed by atoms with Crippen molar-refractivity contribution in [3.8, 4) is 11.6 Å². The molecule has 96 valence electrons. The molecule has 2 aromatic heterocycles. The first-order valence-electron chi connectivity index (χ1n) is 5.84. The summed E-state index contributed by atoms with van der Waals surface area (Å²) in [7, 11) is 1.64. The zero-order valence-electron chi connectivity index (χ0n) is 10.6. The molecule has 0 aliphatic heterocycles. The molecule has 0 amide bonds. The van der Waals surface area contributed by atoms with E-state index in [2.05, 4.69) is 10.1 Å². The lowest BCUT2D eigenvalue weighted by molar-refractivity contribution is 0.415. The van der Waals surface area contributed by atoms with Crippen LogP contribution in [0.5, 0.6) is 5.75 Å².